The highest BCUT2D eigenvalue weighted by atomic mass is 14.0. The molecule has 0 fully saturated rings. The summed E-state index contributed by atoms with van der Waals surface area (Å²) in [5.74, 6) is 2.60. The maximum absolute atomic E-state index is 2.22. The van der Waals surface area contributed by atoms with Crippen molar-refractivity contribution in [2.45, 2.75) is 136 Å². The van der Waals surface area contributed by atoms with Crippen LogP contribution < -0.4 is 0 Å². The fourth-order valence-corrected chi connectivity index (χ4v) is 0.354. The van der Waals surface area contributed by atoms with E-state index in [0.717, 1.165) is 17.8 Å². The lowest BCUT2D eigenvalue weighted by atomic mass is 10.0. The lowest BCUT2D eigenvalue weighted by Crippen LogP contribution is -1.93. The van der Waals surface area contributed by atoms with Crippen molar-refractivity contribution >= 4 is 0 Å². The van der Waals surface area contributed by atoms with Crippen molar-refractivity contribution in [3.8, 4) is 0 Å². The molecule has 154 valence electrons. The van der Waals surface area contributed by atoms with E-state index in [-0.39, 0.29) is 0 Å². The van der Waals surface area contributed by atoms with Crippen LogP contribution in [0.15, 0.2) is 0 Å². The van der Waals surface area contributed by atoms with E-state index in [2.05, 4.69) is 104 Å². The third-order valence-electron chi connectivity index (χ3n) is 2.34. The average molecular weight is 347 g/mol. The van der Waals surface area contributed by atoms with Crippen molar-refractivity contribution in [1.82, 2.24) is 0 Å². The summed E-state index contributed by atoms with van der Waals surface area (Å²) in [5, 5.41) is 0. The molecule has 24 heavy (non-hydrogen) atoms. The van der Waals surface area contributed by atoms with Gasteiger partial charge in [0.1, 0.15) is 0 Å². The normalized spacial score (nSPS) is 9.75. The second-order valence-electron chi connectivity index (χ2n) is 9.69. The van der Waals surface area contributed by atoms with Gasteiger partial charge in [0.05, 0.1) is 0 Å². The van der Waals surface area contributed by atoms with E-state index in [1.807, 2.05) is 0 Å². The van der Waals surface area contributed by atoms with Gasteiger partial charge in [-0.3, -0.25) is 0 Å². The molecule has 0 radical (unpaired) electrons. The first-order chi connectivity index (χ1) is 10.7. The maximum Gasteiger partial charge on any atom is -0.0411 e. The summed E-state index contributed by atoms with van der Waals surface area (Å²) < 4.78 is 0. The van der Waals surface area contributed by atoms with E-state index < -0.39 is 0 Å². The van der Waals surface area contributed by atoms with Gasteiger partial charge in [-0.15, -0.1) is 0 Å². The molecule has 0 aromatic carbocycles. The topological polar surface area (TPSA) is 0 Å². The Balaban J connectivity index is -0.0000000628. The van der Waals surface area contributed by atoms with Gasteiger partial charge in [0.15, 0.2) is 0 Å². The molecule has 0 aliphatic rings. The fraction of sp³-hybridized carbons (Fsp3) is 1.00. The van der Waals surface area contributed by atoms with E-state index in [9.17, 15) is 0 Å². The Kier molecular flexibility index (Phi) is 40.8. The Morgan fingerprint density at radius 3 is 0.667 bits per heavy atom. The molecular formula is C24H58. The first kappa shape index (κ1) is 35.2. The molecule has 0 heterocycles. The Morgan fingerprint density at radius 1 is 0.542 bits per heavy atom. The summed E-state index contributed by atoms with van der Waals surface area (Å²) in [4.78, 5) is 0. The van der Waals surface area contributed by atoms with Crippen molar-refractivity contribution in [1.29, 1.82) is 0 Å². The van der Waals surface area contributed by atoms with Gasteiger partial charge in [-0.05, 0) is 23.2 Å². The SMILES string of the molecule is CC(C)(C)C.CC(C)C.CCC(C)C.CCC(C)C.CCCCC. The Hall–Kier alpha value is 0. The molecule has 0 saturated carbocycles. The molecule has 0 spiro atoms. The summed E-state index contributed by atoms with van der Waals surface area (Å²) in [6.45, 7) is 33.0. The average Bonchev–Trinajstić information content (AvgIpc) is 2.38. The van der Waals surface area contributed by atoms with Crippen molar-refractivity contribution in [2.24, 2.45) is 23.2 Å². The standard InChI is InChI=1S/4C5H12.C4H10/c1-5(2,3)4;2*1-4-5(2)3;1-3-5-4-2;1-4(2)3/h1-4H3;2*5H,4H2,1-3H3;3-5H2,1-2H3;4H,1-3H3. The number of rotatable bonds is 4. The van der Waals surface area contributed by atoms with Crippen LogP contribution in [0.2, 0.25) is 0 Å². The minimum Gasteiger partial charge on any atom is -0.0654 e. The van der Waals surface area contributed by atoms with E-state index in [1.165, 1.54) is 32.1 Å². The van der Waals surface area contributed by atoms with E-state index in [4.69, 9.17) is 0 Å². The third-order valence-corrected chi connectivity index (χ3v) is 2.34. The second kappa shape index (κ2) is 27.8. The van der Waals surface area contributed by atoms with Gasteiger partial charge in [0, 0.05) is 0 Å². The maximum atomic E-state index is 2.22. The van der Waals surface area contributed by atoms with Gasteiger partial charge in [-0.2, -0.15) is 0 Å². The molecule has 0 aromatic heterocycles. The van der Waals surface area contributed by atoms with Crippen LogP contribution in [-0.2, 0) is 0 Å². The third kappa shape index (κ3) is 270. The Bertz CT molecular complexity index is 139. The van der Waals surface area contributed by atoms with Crippen LogP contribution >= 0.6 is 0 Å². The van der Waals surface area contributed by atoms with Crippen molar-refractivity contribution < 1.29 is 0 Å². The first-order valence-electron chi connectivity index (χ1n) is 10.7. The van der Waals surface area contributed by atoms with Crippen LogP contribution in [0.1, 0.15) is 136 Å². The van der Waals surface area contributed by atoms with Crippen LogP contribution in [-0.4, -0.2) is 0 Å². The smallest absolute Gasteiger partial charge is 0.0411 e. The minimum absolute atomic E-state index is 0.500. The summed E-state index contributed by atoms with van der Waals surface area (Å²) in [6, 6.07) is 0. The zero-order valence-electron chi connectivity index (χ0n) is 20.8. The van der Waals surface area contributed by atoms with Gasteiger partial charge in [-0.1, -0.05) is 136 Å². The van der Waals surface area contributed by atoms with E-state index in [0.29, 0.717) is 5.41 Å². The predicted molar refractivity (Wildman–Crippen MR) is 121 cm³/mol. The molecule has 0 rings (SSSR count). The predicted octanol–water partition coefficient (Wildman–Crippen LogP) is 10.0. The molecule has 0 amide bonds. The molecule has 0 aliphatic carbocycles. The summed E-state index contributed by atoms with van der Waals surface area (Å²) in [5.41, 5.74) is 0.500. The van der Waals surface area contributed by atoms with Crippen molar-refractivity contribution in [3.63, 3.8) is 0 Å². The summed E-state index contributed by atoms with van der Waals surface area (Å²) in [6.07, 6.45) is 6.69. The van der Waals surface area contributed by atoms with Gasteiger partial charge in [-0.25, -0.2) is 0 Å². The van der Waals surface area contributed by atoms with E-state index >= 15 is 0 Å². The van der Waals surface area contributed by atoms with Crippen molar-refractivity contribution in [2.75, 3.05) is 0 Å². The molecular weight excluding hydrogens is 288 g/mol. The highest BCUT2D eigenvalue weighted by Gasteiger charge is 1.95. The van der Waals surface area contributed by atoms with Crippen LogP contribution in [0.25, 0.3) is 0 Å². The molecule has 0 nitrogen and oxygen atoms in total. The summed E-state index contributed by atoms with van der Waals surface area (Å²) >= 11 is 0. The monoisotopic (exact) mass is 346 g/mol. The van der Waals surface area contributed by atoms with Gasteiger partial charge < -0.3 is 0 Å². The zero-order valence-corrected chi connectivity index (χ0v) is 20.8. The molecule has 0 aromatic rings. The zero-order chi connectivity index (χ0) is 20.8. The molecule has 0 atom stereocenters. The molecule has 0 N–H and O–H groups in total. The highest BCUT2D eigenvalue weighted by molar-refractivity contribution is 4.47. The van der Waals surface area contributed by atoms with Crippen LogP contribution in [0.3, 0.4) is 0 Å². The Labute approximate surface area is 159 Å². The second-order valence-corrected chi connectivity index (χ2v) is 9.69. The van der Waals surface area contributed by atoms with Gasteiger partial charge in [0.25, 0.3) is 0 Å². The van der Waals surface area contributed by atoms with Crippen LogP contribution in [0, 0.1) is 23.2 Å². The molecule has 0 heteroatoms. The largest absolute Gasteiger partial charge is 0.0654 e. The first-order valence-corrected chi connectivity index (χ1v) is 10.7. The number of hydrogen-bond donors (Lipinski definition) is 0. The number of hydrogen-bond acceptors (Lipinski definition) is 0. The van der Waals surface area contributed by atoms with Gasteiger partial charge in [0.2, 0.25) is 0 Å². The van der Waals surface area contributed by atoms with Crippen LogP contribution in [0.5, 0.6) is 0 Å². The molecule has 0 bridgehead atoms. The molecule has 0 unspecified atom stereocenters. The minimum atomic E-state index is 0.500. The lowest BCUT2D eigenvalue weighted by molar-refractivity contribution is 0.469. The number of unbranched alkanes of at least 4 members (excludes halogenated alkanes) is 2. The quantitative estimate of drug-likeness (QED) is 0.475. The van der Waals surface area contributed by atoms with Crippen LogP contribution in [0.4, 0.5) is 0 Å². The lowest BCUT2D eigenvalue weighted by Gasteiger charge is -2.05. The van der Waals surface area contributed by atoms with Crippen molar-refractivity contribution in [3.05, 3.63) is 0 Å². The van der Waals surface area contributed by atoms with Gasteiger partial charge >= 0.3 is 0 Å². The molecule has 0 aliphatic heterocycles. The fourth-order valence-electron chi connectivity index (χ4n) is 0.354. The molecule has 0 saturated heterocycles. The highest BCUT2D eigenvalue weighted by Crippen LogP contribution is 2.08. The summed E-state index contributed by atoms with van der Waals surface area (Å²) in [7, 11) is 0. The Morgan fingerprint density at radius 2 is 0.667 bits per heavy atom. The van der Waals surface area contributed by atoms with E-state index in [1.54, 1.807) is 0 Å².